The number of ether oxygens (including phenoxy) is 2. The van der Waals surface area contributed by atoms with Crippen LogP contribution in [-0.2, 0) is 0 Å². The van der Waals surface area contributed by atoms with Gasteiger partial charge in [0.05, 0.1) is 5.02 Å². The van der Waals surface area contributed by atoms with Crippen LogP contribution >= 0.6 is 11.6 Å². The Morgan fingerprint density at radius 3 is 3.00 bits per heavy atom. The van der Waals surface area contributed by atoms with Crippen molar-refractivity contribution in [2.75, 3.05) is 13.3 Å². The van der Waals surface area contributed by atoms with Gasteiger partial charge in [-0.2, -0.15) is 0 Å². The summed E-state index contributed by atoms with van der Waals surface area (Å²) in [6, 6.07) is 1.76. The smallest absolute Gasteiger partial charge is 0.231 e. The lowest BCUT2D eigenvalue weighted by molar-refractivity contribution is 0.0984. The number of carbonyl (C=O) groups is 1. The van der Waals surface area contributed by atoms with Crippen LogP contribution in [0.3, 0.4) is 0 Å². The Kier molecular flexibility index (Phi) is 3.03. The maximum Gasteiger partial charge on any atom is 0.231 e. The second kappa shape index (κ2) is 4.31. The van der Waals surface area contributed by atoms with E-state index in [-0.39, 0.29) is 19.0 Å². The van der Waals surface area contributed by atoms with E-state index in [4.69, 9.17) is 26.8 Å². The molecule has 0 radical (unpaired) electrons. The molecule has 1 aromatic rings. The van der Waals surface area contributed by atoms with Crippen molar-refractivity contribution in [1.82, 2.24) is 0 Å². The van der Waals surface area contributed by atoms with Crippen LogP contribution in [0.25, 0.3) is 0 Å². The van der Waals surface area contributed by atoms with E-state index in [0.29, 0.717) is 28.6 Å². The lowest BCUT2D eigenvalue weighted by Gasteiger charge is -2.09. The van der Waals surface area contributed by atoms with Gasteiger partial charge in [0.25, 0.3) is 0 Å². The van der Waals surface area contributed by atoms with Gasteiger partial charge in [-0.25, -0.2) is 0 Å². The second-order valence-electron chi connectivity index (χ2n) is 3.58. The summed E-state index contributed by atoms with van der Waals surface area (Å²) in [4.78, 5) is 11.8. The van der Waals surface area contributed by atoms with Crippen molar-refractivity contribution in [3.8, 4) is 11.5 Å². The fraction of sp³-hybridized carbons (Fsp3) is 0.364. The molecule has 4 nitrogen and oxygen atoms in total. The normalized spacial score (nSPS) is 12.9. The first kappa shape index (κ1) is 11.2. The summed E-state index contributed by atoms with van der Waals surface area (Å²) in [5, 5.41) is 0.325. The predicted octanol–water partition coefficient (Wildman–Crippen LogP) is 1.91. The van der Waals surface area contributed by atoms with Crippen LogP contribution in [0.4, 0.5) is 0 Å². The molecular weight excluding hydrogens is 230 g/mol. The number of nitrogens with two attached hydrogens (primary N) is 1. The monoisotopic (exact) mass is 241 g/mol. The summed E-state index contributed by atoms with van der Waals surface area (Å²) in [5.74, 6) is 0.975. The molecule has 0 fully saturated rings. The van der Waals surface area contributed by atoms with E-state index in [0.717, 1.165) is 5.56 Å². The number of ketones is 1. The van der Waals surface area contributed by atoms with Crippen LogP contribution in [-0.4, -0.2) is 19.1 Å². The minimum atomic E-state index is -0.0664. The fourth-order valence-corrected chi connectivity index (χ4v) is 2.12. The molecule has 1 aromatic carbocycles. The molecule has 0 saturated heterocycles. The number of halogens is 1. The molecule has 0 unspecified atom stereocenters. The van der Waals surface area contributed by atoms with Crippen LogP contribution in [0.15, 0.2) is 6.07 Å². The third-order valence-corrected chi connectivity index (χ3v) is 2.81. The SMILES string of the molecule is Cc1cc2c(c(Cl)c1C(=O)CCN)OCO2. The highest BCUT2D eigenvalue weighted by molar-refractivity contribution is 6.36. The van der Waals surface area contributed by atoms with Gasteiger partial charge in [0.2, 0.25) is 6.79 Å². The molecule has 1 aliphatic rings. The highest BCUT2D eigenvalue weighted by Gasteiger charge is 2.24. The summed E-state index contributed by atoms with van der Waals surface area (Å²) in [5.41, 5.74) is 6.63. The zero-order chi connectivity index (χ0) is 11.7. The van der Waals surface area contributed by atoms with Crippen molar-refractivity contribution < 1.29 is 14.3 Å². The zero-order valence-electron chi connectivity index (χ0n) is 8.88. The minimum Gasteiger partial charge on any atom is -0.454 e. The average molecular weight is 242 g/mol. The van der Waals surface area contributed by atoms with Crippen molar-refractivity contribution in [3.05, 3.63) is 22.2 Å². The van der Waals surface area contributed by atoms with Crippen molar-refractivity contribution in [1.29, 1.82) is 0 Å². The van der Waals surface area contributed by atoms with Gasteiger partial charge in [0, 0.05) is 12.0 Å². The highest BCUT2D eigenvalue weighted by Crippen LogP contribution is 2.42. The molecule has 0 aliphatic carbocycles. The molecule has 16 heavy (non-hydrogen) atoms. The summed E-state index contributed by atoms with van der Waals surface area (Å²) < 4.78 is 10.4. The number of rotatable bonds is 3. The molecule has 0 spiro atoms. The first-order valence-corrected chi connectivity index (χ1v) is 5.35. The molecule has 0 atom stereocenters. The van der Waals surface area contributed by atoms with Gasteiger partial charge in [-0.3, -0.25) is 4.79 Å². The number of fused-ring (bicyclic) bond motifs is 1. The molecule has 5 heteroatoms. The number of carbonyl (C=O) groups excluding carboxylic acids is 1. The quantitative estimate of drug-likeness (QED) is 0.822. The van der Waals surface area contributed by atoms with Crippen molar-refractivity contribution >= 4 is 17.4 Å². The maximum absolute atomic E-state index is 11.8. The van der Waals surface area contributed by atoms with Crippen molar-refractivity contribution in [2.24, 2.45) is 5.73 Å². The maximum atomic E-state index is 11.8. The number of hydrogen-bond acceptors (Lipinski definition) is 4. The first-order chi connectivity index (χ1) is 7.65. The highest BCUT2D eigenvalue weighted by atomic mass is 35.5. The Balaban J connectivity index is 2.50. The van der Waals surface area contributed by atoms with Gasteiger partial charge in [-0.1, -0.05) is 11.6 Å². The fourth-order valence-electron chi connectivity index (χ4n) is 1.72. The Bertz CT molecular complexity index is 445. The standard InChI is InChI=1S/C11H12ClNO3/c1-6-4-8-11(16-5-15-8)10(12)9(6)7(14)2-3-13/h4H,2-3,5,13H2,1H3. The number of benzene rings is 1. The summed E-state index contributed by atoms with van der Waals surface area (Å²) in [7, 11) is 0. The molecule has 1 aliphatic heterocycles. The molecule has 0 bridgehead atoms. The predicted molar refractivity (Wildman–Crippen MR) is 60.3 cm³/mol. The largest absolute Gasteiger partial charge is 0.454 e. The number of aryl methyl sites for hydroxylation is 1. The van der Waals surface area contributed by atoms with E-state index in [2.05, 4.69) is 0 Å². The van der Waals surface area contributed by atoms with Crippen molar-refractivity contribution in [2.45, 2.75) is 13.3 Å². The molecule has 0 saturated carbocycles. The third kappa shape index (κ3) is 1.74. The Hall–Kier alpha value is -1.26. The lowest BCUT2D eigenvalue weighted by atomic mass is 10.0. The molecule has 0 aromatic heterocycles. The zero-order valence-corrected chi connectivity index (χ0v) is 9.63. The molecule has 2 rings (SSSR count). The molecular formula is C11H12ClNO3. The van der Waals surface area contributed by atoms with Gasteiger partial charge in [-0.05, 0) is 25.1 Å². The lowest BCUT2D eigenvalue weighted by Crippen LogP contribution is -2.10. The Labute approximate surface area is 98.3 Å². The van der Waals surface area contributed by atoms with Gasteiger partial charge in [0.15, 0.2) is 17.3 Å². The van der Waals surface area contributed by atoms with E-state index in [1.807, 2.05) is 6.92 Å². The van der Waals surface area contributed by atoms with Crippen LogP contribution in [0.2, 0.25) is 5.02 Å². The minimum absolute atomic E-state index is 0.0664. The van der Waals surface area contributed by atoms with E-state index in [1.54, 1.807) is 6.07 Å². The van der Waals surface area contributed by atoms with Crippen LogP contribution in [0, 0.1) is 6.92 Å². The van der Waals surface area contributed by atoms with E-state index in [9.17, 15) is 4.79 Å². The van der Waals surface area contributed by atoms with E-state index >= 15 is 0 Å². The summed E-state index contributed by atoms with van der Waals surface area (Å²) in [6.45, 7) is 2.27. The summed E-state index contributed by atoms with van der Waals surface area (Å²) >= 11 is 6.12. The average Bonchev–Trinajstić information content (AvgIpc) is 2.66. The number of hydrogen-bond donors (Lipinski definition) is 1. The molecule has 2 N–H and O–H groups in total. The molecule has 1 heterocycles. The van der Waals surface area contributed by atoms with Gasteiger partial charge < -0.3 is 15.2 Å². The topological polar surface area (TPSA) is 61.6 Å². The van der Waals surface area contributed by atoms with Crippen LogP contribution in [0.1, 0.15) is 22.3 Å². The molecule has 86 valence electrons. The van der Waals surface area contributed by atoms with Gasteiger partial charge >= 0.3 is 0 Å². The van der Waals surface area contributed by atoms with Crippen LogP contribution in [0.5, 0.6) is 11.5 Å². The molecule has 0 amide bonds. The van der Waals surface area contributed by atoms with Gasteiger partial charge in [0.1, 0.15) is 0 Å². The van der Waals surface area contributed by atoms with E-state index in [1.165, 1.54) is 0 Å². The Morgan fingerprint density at radius 1 is 1.56 bits per heavy atom. The van der Waals surface area contributed by atoms with Gasteiger partial charge in [-0.15, -0.1) is 0 Å². The number of Topliss-reactive ketones (excluding diaryl/α,β-unsaturated/α-hetero) is 1. The Morgan fingerprint density at radius 2 is 2.31 bits per heavy atom. The first-order valence-electron chi connectivity index (χ1n) is 4.97. The second-order valence-corrected chi connectivity index (χ2v) is 3.96. The van der Waals surface area contributed by atoms with Crippen molar-refractivity contribution in [3.63, 3.8) is 0 Å². The van der Waals surface area contributed by atoms with E-state index < -0.39 is 0 Å². The third-order valence-electron chi connectivity index (χ3n) is 2.45. The van der Waals surface area contributed by atoms with Crippen LogP contribution < -0.4 is 15.2 Å². The summed E-state index contributed by atoms with van der Waals surface area (Å²) in [6.07, 6.45) is 0.278.